The minimum absolute atomic E-state index is 0.282. The second-order valence-electron chi connectivity index (χ2n) is 3.53. The van der Waals surface area contributed by atoms with E-state index in [1.807, 2.05) is 19.2 Å². The normalized spacial score (nSPS) is 10.5. The summed E-state index contributed by atoms with van der Waals surface area (Å²) in [7, 11) is 0. The Morgan fingerprint density at radius 1 is 1.47 bits per heavy atom. The van der Waals surface area contributed by atoms with Gasteiger partial charge in [0.1, 0.15) is 12.4 Å². The van der Waals surface area contributed by atoms with Gasteiger partial charge in [-0.2, -0.15) is 5.10 Å². The molecule has 0 aliphatic rings. The van der Waals surface area contributed by atoms with Gasteiger partial charge in [-0.3, -0.25) is 4.68 Å². The van der Waals surface area contributed by atoms with E-state index in [2.05, 4.69) is 21.0 Å². The van der Waals surface area contributed by atoms with Crippen molar-refractivity contribution < 1.29 is 9.13 Å². The summed E-state index contributed by atoms with van der Waals surface area (Å²) >= 11 is 3.20. The third-order valence-corrected chi connectivity index (χ3v) is 3.25. The molecule has 0 N–H and O–H groups in total. The zero-order valence-corrected chi connectivity index (χ0v) is 10.9. The molecule has 0 atom stereocenters. The molecule has 5 heteroatoms. The van der Waals surface area contributed by atoms with Crippen molar-refractivity contribution in [3.63, 3.8) is 0 Å². The molecule has 0 spiro atoms. The van der Waals surface area contributed by atoms with Crippen LogP contribution in [-0.4, -0.2) is 9.78 Å². The number of aromatic nitrogens is 2. The molecule has 2 aromatic rings. The van der Waals surface area contributed by atoms with Gasteiger partial charge in [-0.15, -0.1) is 0 Å². The van der Waals surface area contributed by atoms with Crippen LogP contribution >= 0.6 is 15.9 Å². The average molecular weight is 299 g/mol. The molecule has 0 aliphatic carbocycles. The lowest BCUT2D eigenvalue weighted by Gasteiger charge is -2.06. The maximum absolute atomic E-state index is 13.2. The van der Waals surface area contributed by atoms with Gasteiger partial charge >= 0.3 is 0 Å². The zero-order chi connectivity index (χ0) is 12.3. The van der Waals surface area contributed by atoms with Crippen LogP contribution in [0.5, 0.6) is 5.75 Å². The van der Waals surface area contributed by atoms with E-state index >= 15 is 0 Å². The molecule has 0 fully saturated rings. The number of halogens is 2. The smallest absolute Gasteiger partial charge is 0.157 e. The van der Waals surface area contributed by atoms with Crippen molar-refractivity contribution in [1.29, 1.82) is 0 Å². The second kappa shape index (κ2) is 5.31. The van der Waals surface area contributed by atoms with Crippen LogP contribution in [0, 0.1) is 5.82 Å². The Bertz CT molecular complexity index is 513. The number of nitrogens with zero attached hydrogens (tertiary/aromatic N) is 2. The maximum atomic E-state index is 13.2. The molecule has 0 amide bonds. The molecular weight excluding hydrogens is 287 g/mol. The van der Waals surface area contributed by atoms with E-state index in [9.17, 15) is 4.39 Å². The fraction of sp³-hybridized carbons (Fsp3) is 0.250. The van der Waals surface area contributed by atoms with Gasteiger partial charge in [0.2, 0.25) is 0 Å². The largest absolute Gasteiger partial charge is 0.486 e. The highest BCUT2D eigenvalue weighted by atomic mass is 79.9. The fourth-order valence-corrected chi connectivity index (χ4v) is 1.79. The Balaban J connectivity index is 2.04. The van der Waals surface area contributed by atoms with E-state index < -0.39 is 0 Å². The van der Waals surface area contributed by atoms with Crippen molar-refractivity contribution in [2.75, 3.05) is 0 Å². The number of rotatable bonds is 4. The van der Waals surface area contributed by atoms with Crippen LogP contribution in [0.1, 0.15) is 12.5 Å². The van der Waals surface area contributed by atoms with Crippen molar-refractivity contribution >= 4 is 15.9 Å². The first kappa shape index (κ1) is 12.1. The summed E-state index contributed by atoms with van der Waals surface area (Å²) in [6.45, 7) is 3.11. The predicted octanol–water partition coefficient (Wildman–Crippen LogP) is 3.38. The van der Waals surface area contributed by atoms with Crippen LogP contribution in [0.4, 0.5) is 4.39 Å². The monoisotopic (exact) mass is 298 g/mol. The Morgan fingerprint density at radius 3 is 3.00 bits per heavy atom. The van der Waals surface area contributed by atoms with Gasteiger partial charge in [0.15, 0.2) is 5.75 Å². The highest BCUT2D eigenvalue weighted by Gasteiger charge is 2.06. The topological polar surface area (TPSA) is 27.1 Å². The Morgan fingerprint density at radius 2 is 2.29 bits per heavy atom. The number of aryl methyl sites for hydroxylation is 1. The zero-order valence-electron chi connectivity index (χ0n) is 9.36. The summed E-state index contributed by atoms with van der Waals surface area (Å²) in [5.74, 6) is 0.401. The molecule has 0 saturated carbocycles. The standard InChI is InChI=1S/C12H12BrFN2O/c1-2-16-7-10(6-15-16)17-8-9-4-3-5-11(14)12(9)13/h3-7H,2,8H2,1H3. The van der Waals surface area contributed by atoms with Crippen molar-refractivity contribution in [1.82, 2.24) is 9.78 Å². The lowest BCUT2D eigenvalue weighted by Crippen LogP contribution is -1.97. The van der Waals surface area contributed by atoms with E-state index in [4.69, 9.17) is 4.74 Å². The Kier molecular flexibility index (Phi) is 3.78. The van der Waals surface area contributed by atoms with Crippen molar-refractivity contribution in [3.8, 4) is 5.75 Å². The van der Waals surface area contributed by atoms with Gasteiger partial charge in [0.05, 0.1) is 16.9 Å². The molecule has 17 heavy (non-hydrogen) atoms. The van der Waals surface area contributed by atoms with Crippen LogP contribution in [-0.2, 0) is 13.2 Å². The summed E-state index contributed by atoms with van der Waals surface area (Å²) in [5.41, 5.74) is 0.772. The molecular formula is C12H12BrFN2O. The highest BCUT2D eigenvalue weighted by molar-refractivity contribution is 9.10. The van der Waals surface area contributed by atoms with Crippen molar-refractivity contribution in [3.05, 3.63) is 46.4 Å². The van der Waals surface area contributed by atoms with Gasteiger partial charge in [0, 0.05) is 12.1 Å². The van der Waals surface area contributed by atoms with E-state index in [-0.39, 0.29) is 5.82 Å². The molecule has 3 nitrogen and oxygen atoms in total. The Hall–Kier alpha value is -1.36. The molecule has 0 saturated heterocycles. The quantitative estimate of drug-likeness (QED) is 0.865. The molecule has 1 aromatic heterocycles. The van der Waals surface area contributed by atoms with Gasteiger partial charge in [-0.1, -0.05) is 12.1 Å². The summed E-state index contributed by atoms with van der Waals surface area (Å²) in [6, 6.07) is 4.88. The molecule has 1 aromatic carbocycles. The lowest BCUT2D eigenvalue weighted by atomic mass is 10.2. The maximum Gasteiger partial charge on any atom is 0.157 e. The number of benzene rings is 1. The van der Waals surface area contributed by atoms with E-state index in [1.54, 1.807) is 16.9 Å². The van der Waals surface area contributed by atoms with Crippen molar-refractivity contribution in [2.45, 2.75) is 20.1 Å². The molecule has 0 bridgehead atoms. The first-order chi connectivity index (χ1) is 8.20. The van der Waals surface area contributed by atoms with Crippen molar-refractivity contribution in [2.24, 2.45) is 0 Å². The van der Waals surface area contributed by atoms with Crippen LogP contribution in [0.3, 0.4) is 0 Å². The van der Waals surface area contributed by atoms with Gasteiger partial charge in [-0.05, 0) is 28.9 Å². The third-order valence-electron chi connectivity index (χ3n) is 2.36. The third kappa shape index (κ3) is 2.85. The molecule has 0 radical (unpaired) electrons. The van der Waals surface area contributed by atoms with Gasteiger partial charge in [0.25, 0.3) is 0 Å². The van der Waals surface area contributed by atoms with Crippen LogP contribution in [0.2, 0.25) is 0 Å². The minimum Gasteiger partial charge on any atom is -0.486 e. The first-order valence-corrected chi connectivity index (χ1v) is 6.08. The number of hydrogen-bond acceptors (Lipinski definition) is 2. The molecule has 90 valence electrons. The van der Waals surface area contributed by atoms with Crippen LogP contribution < -0.4 is 4.74 Å². The minimum atomic E-state index is -0.282. The number of hydrogen-bond donors (Lipinski definition) is 0. The number of ether oxygens (including phenoxy) is 1. The van der Waals surface area contributed by atoms with Crippen LogP contribution in [0.15, 0.2) is 35.1 Å². The van der Waals surface area contributed by atoms with Crippen LogP contribution in [0.25, 0.3) is 0 Å². The summed E-state index contributed by atoms with van der Waals surface area (Å²) in [4.78, 5) is 0. The van der Waals surface area contributed by atoms with E-state index in [1.165, 1.54) is 6.07 Å². The summed E-state index contributed by atoms with van der Waals surface area (Å²) < 4.78 is 21.0. The molecule has 0 aliphatic heterocycles. The fourth-order valence-electron chi connectivity index (χ4n) is 1.41. The predicted molar refractivity (Wildman–Crippen MR) is 66.3 cm³/mol. The Labute approximate surface area is 107 Å². The lowest BCUT2D eigenvalue weighted by molar-refractivity contribution is 0.304. The second-order valence-corrected chi connectivity index (χ2v) is 4.33. The average Bonchev–Trinajstić information content (AvgIpc) is 2.79. The van der Waals surface area contributed by atoms with E-state index in [0.717, 1.165) is 12.1 Å². The highest BCUT2D eigenvalue weighted by Crippen LogP contribution is 2.22. The molecule has 1 heterocycles. The first-order valence-electron chi connectivity index (χ1n) is 5.29. The summed E-state index contributed by atoms with van der Waals surface area (Å²) in [6.07, 6.45) is 3.46. The SMILES string of the molecule is CCn1cc(OCc2cccc(F)c2Br)cn1. The summed E-state index contributed by atoms with van der Waals surface area (Å²) in [5, 5.41) is 4.09. The molecule has 2 rings (SSSR count). The van der Waals surface area contributed by atoms with Gasteiger partial charge < -0.3 is 4.74 Å². The molecule has 0 unspecified atom stereocenters. The van der Waals surface area contributed by atoms with E-state index in [0.29, 0.717) is 16.8 Å². The van der Waals surface area contributed by atoms with Gasteiger partial charge in [-0.25, -0.2) is 4.39 Å².